The van der Waals surface area contributed by atoms with Crippen LogP contribution in [0.4, 0.5) is 0 Å². The van der Waals surface area contributed by atoms with Gasteiger partial charge < -0.3 is 5.32 Å². The molecule has 0 aromatic rings. The molecule has 2 heteroatoms. The van der Waals surface area contributed by atoms with Gasteiger partial charge in [-0.3, -0.25) is 0 Å². The van der Waals surface area contributed by atoms with Crippen molar-refractivity contribution < 1.29 is 0 Å². The zero-order chi connectivity index (χ0) is 12.7. The van der Waals surface area contributed by atoms with Crippen LogP contribution in [0.2, 0.25) is 0 Å². The largest absolute Gasteiger partial charge is 0.312 e. The highest BCUT2D eigenvalue weighted by Gasteiger charge is 2.25. The van der Waals surface area contributed by atoms with E-state index < -0.39 is 0 Å². The molecule has 0 aromatic heterocycles. The molecule has 0 spiro atoms. The highest BCUT2D eigenvalue weighted by molar-refractivity contribution is 7.98. The van der Waals surface area contributed by atoms with E-state index in [9.17, 15) is 0 Å². The Labute approximate surface area is 113 Å². The highest BCUT2D eigenvalue weighted by Crippen LogP contribution is 2.33. The molecule has 1 atom stereocenters. The average molecular weight is 257 g/mol. The van der Waals surface area contributed by atoms with Crippen molar-refractivity contribution >= 4 is 11.8 Å². The molecule has 0 heterocycles. The first-order chi connectivity index (χ1) is 8.03. The van der Waals surface area contributed by atoms with E-state index in [4.69, 9.17) is 0 Å². The van der Waals surface area contributed by atoms with Crippen LogP contribution >= 0.6 is 11.8 Å². The van der Waals surface area contributed by atoms with Gasteiger partial charge in [-0.15, -0.1) is 0 Å². The second-order valence-electron chi connectivity index (χ2n) is 6.57. The summed E-state index contributed by atoms with van der Waals surface area (Å²) in [7, 11) is 0. The predicted octanol–water partition coefficient (Wildman–Crippen LogP) is 4.32. The molecule has 102 valence electrons. The van der Waals surface area contributed by atoms with E-state index in [0.717, 1.165) is 11.8 Å². The number of nitrogens with one attached hydrogen (secondary N) is 1. The summed E-state index contributed by atoms with van der Waals surface area (Å²) in [5.74, 6) is 3.26. The molecular formula is C15H31NS. The number of hydrogen-bond acceptors (Lipinski definition) is 2. The van der Waals surface area contributed by atoms with E-state index in [1.54, 1.807) is 0 Å². The first-order valence-electron chi connectivity index (χ1n) is 7.27. The maximum Gasteiger partial charge on any atom is 0.00966 e. The van der Waals surface area contributed by atoms with E-state index in [2.05, 4.69) is 32.3 Å². The molecule has 0 radical (unpaired) electrons. The van der Waals surface area contributed by atoms with Gasteiger partial charge in [0.2, 0.25) is 0 Å². The lowest BCUT2D eigenvalue weighted by Gasteiger charge is -2.29. The molecule has 0 aromatic carbocycles. The molecule has 17 heavy (non-hydrogen) atoms. The Morgan fingerprint density at radius 3 is 2.41 bits per heavy atom. The van der Waals surface area contributed by atoms with Gasteiger partial charge in [0.25, 0.3) is 0 Å². The minimum atomic E-state index is 0.274. The monoisotopic (exact) mass is 257 g/mol. The fraction of sp³-hybridized carbons (Fsp3) is 1.00. The van der Waals surface area contributed by atoms with Gasteiger partial charge in [-0.25, -0.2) is 0 Å². The predicted molar refractivity (Wildman–Crippen MR) is 80.8 cm³/mol. The van der Waals surface area contributed by atoms with E-state index in [0.29, 0.717) is 0 Å². The third kappa shape index (κ3) is 6.71. The lowest BCUT2D eigenvalue weighted by atomic mass is 9.86. The van der Waals surface area contributed by atoms with Crippen LogP contribution in [0.3, 0.4) is 0 Å². The summed E-state index contributed by atoms with van der Waals surface area (Å²) >= 11 is 1.99. The molecule has 1 aliphatic rings. The van der Waals surface area contributed by atoms with E-state index in [1.807, 2.05) is 11.8 Å². The Hall–Kier alpha value is 0.310. The van der Waals surface area contributed by atoms with Crippen molar-refractivity contribution in [2.24, 2.45) is 11.8 Å². The summed E-state index contributed by atoms with van der Waals surface area (Å²) < 4.78 is 0. The van der Waals surface area contributed by atoms with Crippen LogP contribution in [-0.4, -0.2) is 24.1 Å². The molecule has 0 amide bonds. The normalized spacial score (nSPS) is 19.8. The molecule has 0 aliphatic heterocycles. The molecule has 1 saturated carbocycles. The molecule has 1 rings (SSSR count). The molecule has 1 N–H and O–H groups in total. The Morgan fingerprint density at radius 1 is 1.24 bits per heavy atom. The van der Waals surface area contributed by atoms with Crippen molar-refractivity contribution in [2.45, 2.75) is 64.8 Å². The molecule has 1 nitrogen and oxygen atoms in total. The van der Waals surface area contributed by atoms with Crippen molar-refractivity contribution in [3.8, 4) is 0 Å². The standard InChI is InChI=1S/C15H31NS/c1-15(2,3)16-12-14(10-7-11-17-4)13-8-5-6-9-13/h13-14,16H,5-12H2,1-4H3. The van der Waals surface area contributed by atoms with Crippen molar-refractivity contribution in [1.29, 1.82) is 0 Å². The van der Waals surface area contributed by atoms with Crippen LogP contribution in [0.15, 0.2) is 0 Å². The molecule has 0 saturated heterocycles. The van der Waals surface area contributed by atoms with Gasteiger partial charge in [0.1, 0.15) is 0 Å². The van der Waals surface area contributed by atoms with Gasteiger partial charge >= 0.3 is 0 Å². The topological polar surface area (TPSA) is 12.0 Å². The van der Waals surface area contributed by atoms with Gasteiger partial charge in [0, 0.05) is 5.54 Å². The lowest BCUT2D eigenvalue weighted by molar-refractivity contribution is 0.273. The molecule has 1 unspecified atom stereocenters. The number of thioether (sulfide) groups is 1. The Morgan fingerprint density at radius 2 is 1.88 bits per heavy atom. The number of hydrogen-bond donors (Lipinski definition) is 1. The van der Waals surface area contributed by atoms with Crippen molar-refractivity contribution in [3.63, 3.8) is 0 Å². The minimum absolute atomic E-state index is 0.274. The van der Waals surface area contributed by atoms with Crippen LogP contribution in [0.25, 0.3) is 0 Å². The fourth-order valence-electron chi connectivity index (χ4n) is 2.86. The lowest BCUT2D eigenvalue weighted by Crippen LogP contribution is -2.40. The van der Waals surface area contributed by atoms with Crippen molar-refractivity contribution in [3.05, 3.63) is 0 Å². The Balaban J connectivity index is 2.35. The zero-order valence-corrected chi connectivity index (χ0v) is 13.0. The maximum absolute atomic E-state index is 3.72. The first-order valence-corrected chi connectivity index (χ1v) is 8.66. The Bertz CT molecular complexity index is 192. The SMILES string of the molecule is CSCCCC(CNC(C)(C)C)C1CCCC1. The highest BCUT2D eigenvalue weighted by atomic mass is 32.2. The minimum Gasteiger partial charge on any atom is -0.312 e. The van der Waals surface area contributed by atoms with Crippen LogP contribution in [0.1, 0.15) is 59.3 Å². The first kappa shape index (κ1) is 15.4. The third-order valence-corrected chi connectivity index (χ3v) is 4.58. The number of rotatable bonds is 7. The summed E-state index contributed by atoms with van der Waals surface area (Å²) in [5, 5.41) is 3.72. The quantitative estimate of drug-likeness (QED) is 0.682. The van der Waals surface area contributed by atoms with Crippen molar-refractivity contribution in [2.75, 3.05) is 18.6 Å². The smallest absolute Gasteiger partial charge is 0.00966 e. The van der Waals surface area contributed by atoms with Gasteiger partial charge in [-0.1, -0.05) is 25.7 Å². The second kappa shape index (κ2) is 7.68. The van der Waals surface area contributed by atoms with E-state index in [1.165, 1.54) is 50.8 Å². The zero-order valence-electron chi connectivity index (χ0n) is 12.2. The summed E-state index contributed by atoms with van der Waals surface area (Å²) in [4.78, 5) is 0. The average Bonchev–Trinajstić information content (AvgIpc) is 2.75. The van der Waals surface area contributed by atoms with Crippen LogP contribution < -0.4 is 5.32 Å². The van der Waals surface area contributed by atoms with Gasteiger partial charge in [0.15, 0.2) is 0 Å². The van der Waals surface area contributed by atoms with Gasteiger partial charge in [-0.05, 0) is 64.0 Å². The maximum atomic E-state index is 3.72. The summed E-state index contributed by atoms with van der Waals surface area (Å²) in [5.41, 5.74) is 0.274. The van der Waals surface area contributed by atoms with Gasteiger partial charge in [0.05, 0.1) is 0 Å². The summed E-state index contributed by atoms with van der Waals surface area (Å²) in [6, 6.07) is 0. The molecule has 1 fully saturated rings. The Kier molecular flexibility index (Phi) is 6.94. The van der Waals surface area contributed by atoms with Crippen LogP contribution in [0.5, 0.6) is 0 Å². The van der Waals surface area contributed by atoms with E-state index >= 15 is 0 Å². The fourth-order valence-corrected chi connectivity index (χ4v) is 3.32. The van der Waals surface area contributed by atoms with Gasteiger partial charge in [-0.2, -0.15) is 11.8 Å². The van der Waals surface area contributed by atoms with E-state index in [-0.39, 0.29) is 5.54 Å². The third-order valence-electron chi connectivity index (χ3n) is 3.88. The summed E-state index contributed by atoms with van der Waals surface area (Å²) in [6.45, 7) is 8.06. The summed E-state index contributed by atoms with van der Waals surface area (Å²) in [6.07, 6.45) is 10.9. The van der Waals surface area contributed by atoms with Crippen molar-refractivity contribution in [1.82, 2.24) is 5.32 Å². The second-order valence-corrected chi connectivity index (χ2v) is 7.56. The molecule has 0 bridgehead atoms. The van der Waals surface area contributed by atoms with Crippen LogP contribution in [-0.2, 0) is 0 Å². The van der Waals surface area contributed by atoms with Crippen LogP contribution in [0, 0.1) is 11.8 Å². The molecular weight excluding hydrogens is 226 g/mol. The molecule has 1 aliphatic carbocycles.